The molecule has 0 spiro atoms. The zero-order chi connectivity index (χ0) is 23.2. The van der Waals surface area contributed by atoms with Crippen molar-refractivity contribution in [2.24, 2.45) is 0 Å². The first-order valence-electron chi connectivity index (χ1n) is 10.9. The summed E-state index contributed by atoms with van der Waals surface area (Å²) >= 11 is 0. The molecule has 4 nitrogen and oxygen atoms in total. The molecule has 0 aliphatic carbocycles. The number of rotatable bonds is 8. The van der Waals surface area contributed by atoms with Gasteiger partial charge < -0.3 is 14.0 Å². The topological polar surface area (TPSA) is 40.5 Å². The molecule has 0 fully saturated rings. The molecular weight excluding hydrogens is 410 g/mol. The Hall–Kier alpha value is -4.05. The van der Waals surface area contributed by atoms with E-state index in [0.717, 1.165) is 39.4 Å². The van der Waals surface area contributed by atoms with Crippen LogP contribution >= 0.6 is 0 Å². The Morgan fingerprint density at radius 3 is 2.27 bits per heavy atom. The molecule has 4 heteroatoms. The van der Waals surface area contributed by atoms with Gasteiger partial charge in [0.1, 0.15) is 18.1 Å². The van der Waals surface area contributed by atoms with Gasteiger partial charge in [0.15, 0.2) is 5.78 Å². The van der Waals surface area contributed by atoms with E-state index in [0.29, 0.717) is 12.2 Å². The molecule has 4 rings (SSSR count). The fourth-order valence-electron chi connectivity index (χ4n) is 3.76. The van der Waals surface area contributed by atoms with Crippen molar-refractivity contribution in [3.8, 4) is 17.2 Å². The van der Waals surface area contributed by atoms with Crippen LogP contribution in [0.25, 0.3) is 11.8 Å². The van der Waals surface area contributed by atoms with Gasteiger partial charge in [-0.2, -0.15) is 0 Å². The fourth-order valence-corrected chi connectivity index (χ4v) is 3.76. The number of hydrogen-bond acceptors (Lipinski definition) is 3. The van der Waals surface area contributed by atoms with Crippen LogP contribution in [-0.2, 0) is 6.61 Å². The molecule has 4 aromatic rings. The van der Waals surface area contributed by atoms with Gasteiger partial charge in [-0.3, -0.25) is 4.79 Å². The normalized spacial score (nSPS) is 11.0. The molecule has 0 atom stereocenters. The molecule has 166 valence electrons. The third-order valence-electron chi connectivity index (χ3n) is 5.57. The van der Waals surface area contributed by atoms with Gasteiger partial charge in [-0.05, 0) is 85.1 Å². The van der Waals surface area contributed by atoms with Gasteiger partial charge in [-0.25, -0.2) is 0 Å². The molecule has 0 aliphatic rings. The van der Waals surface area contributed by atoms with Gasteiger partial charge in [0.2, 0.25) is 0 Å². The monoisotopic (exact) mass is 437 g/mol. The molecule has 0 saturated carbocycles. The second kappa shape index (κ2) is 10.0. The minimum atomic E-state index is -0.0433. The average Bonchev–Trinajstić information content (AvgIpc) is 3.37. The summed E-state index contributed by atoms with van der Waals surface area (Å²) in [6.45, 7) is 4.45. The maximum atomic E-state index is 12.7. The molecule has 3 aromatic carbocycles. The van der Waals surface area contributed by atoms with Gasteiger partial charge in [0, 0.05) is 29.2 Å². The zero-order valence-electron chi connectivity index (χ0n) is 19.1. The van der Waals surface area contributed by atoms with E-state index in [-0.39, 0.29) is 5.78 Å². The van der Waals surface area contributed by atoms with Crippen LogP contribution < -0.4 is 9.47 Å². The van der Waals surface area contributed by atoms with E-state index in [4.69, 9.17) is 9.47 Å². The molecule has 1 aromatic heterocycles. The first kappa shape index (κ1) is 22.2. The summed E-state index contributed by atoms with van der Waals surface area (Å²) < 4.78 is 13.6. The quantitative estimate of drug-likeness (QED) is 0.231. The number of aryl methyl sites for hydroxylation is 2. The van der Waals surface area contributed by atoms with Gasteiger partial charge in [-0.15, -0.1) is 0 Å². The number of ketones is 1. The first-order chi connectivity index (χ1) is 16.0. The Morgan fingerprint density at radius 2 is 1.61 bits per heavy atom. The smallest absolute Gasteiger partial charge is 0.185 e. The van der Waals surface area contributed by atoms with Crippen LogP contribution in [0, 0.1) is 13.8 Å². The number of methoxy groups -OCH3 is 1. The van der Waals surface area contributed by atoms with E-state index in [1.54, 1.807) is 13.2 Å². The summed E-state index contributed by atoms with van der Waals surface area (Å²) in [5.41, 5.74) is 5.69. The predicted octanol–water partition coefficient (Wildman–Crippen LogP) is 6.58. The largest absolute Gasteiger partial charge is 0.496 e. The van der Waals surface area contributed by atoms with Gasteiger partial charge in [0.05, 0.1) is 7.11 Å². The summed E-state index contributed by atoms with van der Waals surface area (Å²) in [6.07, 6.45) is 7.37. The number of ether oxygens (including phenoxy) is 2. The minimum absolute atomic E-state index is 0.0433. The minimum Gasteiger partial charge on any atom is -0.496 e. The average molecular weight is 438 g/mol. The van der Waals surface area contributed by atoms with Crippen molar-refractivity contribution in [3.05, 3.63) is 119 Å². The van der Waals surface area contributed by atoms with Crippen LogP contribution in [-0.4, -0.2) is 17.5 Å². The summed E-state index contributed by atoms with van der Waals surface area (Å²) in [4.78, 5) is 12.7. The van der Waals surface area contributed by atoms with Crippen LogP contribution in [0.4, 0.5) is 0 Å². The van der Waals surface area contributed by atoms with Gasteiger partial charge in [-0.1, -0.05) is 30.3 Å². The van der Waals surface area contributed by atoms with E-state index >= 15 is 0 Å². The molecule has 0 N–H and O–H groups in total. The van der Waals surface area contributed by atoms with E-state index in [2.05, 4.69) is 0 Å². The summed E-state index contributed by atoms with van der Waals surface area (Å²) in [5, 5.41) is 0. The summed E-state index contributed by atoms with van der Waals surface area (Å²) in [6, 6.07) is 23.4. The maximum absolute atomic E-state index is 12.7. The first-order valence-corrected chi connectivity index (χ1v) is 10.9. The third-order valence-corrected chi connectivity index (χ3v) is 5.57. The lowest BCUT2D eigenvalue weighted by Gasteiger charge is -2.14. The number of nitrogens with zero attached hydrogens (tertiary/aromatic N) is 1. The van der Waals surface area contributed by atoms with Crippen molar-refractivity contribution < 1.29 is 14.3 Å². The van der Waals surface area contributed by atoms with Crippen molar-refractivity contribution >= 4 is 11.9 Å². The summed E-state index contributed by atoms with van der Waals surface area (Å²) in [5.74, 6) is 1.60. The van der Waals surface area contributed by atoms with E-state index in [9.17, 15) is 4.79 Å². The van der Waals surface area contributed by atoms with Crippen LogP contribution in [0.3, 0.4) is 0 Å². The molecular formula is C29H27NO3. The summed E-state index contributed by atoms with van der Waals surface area (Å²) in [7, 11) is 1.65. The van der Waals surface area contributed by atoms with E-state index in [1.807, 2.05) is 110 Å². The highest BCUT2D eigenvalue weighted by Crippen LogP contribution is 2.27. The highest BCUT2D eigenvalue weighted by Gasteiger charge is 2.09. The standard InChI is InChI=1S/C29H27NO3/c1-21-7-6-8-22(2)29(21)33-20-25-19-23(10-16-28(25)32-3)9-15-27(31)24-11-13-26(14-12-24)30-17-4-5-18-30/h4-19H,20H2,1-3H3/b15-9+. The Morgan fingerprint density at radius 1 is 0.909 bits per heavy atom. The Kier molecular flexibility index (Phi) is 6.75. The second-order valence-corrected chi connectivity index (χ2v) is 7.92. The number of aromatic nitrogens is 1. The number of para-hydroxylation sites is 1. The Bertz CT molecular complexity index is 1250. The van der Waals surface area contributed by atoms with Crippen LogP contribution in [0.15, 0.2) is 91.3 Å². The van der Waals surface area contributed by atoms with E-state index < -0.39 is 0 Å². The molecule has 33 heavy (non-hydrogen) atoms. The van der Waals surface area contributed by atoms with Crippen molar-refractivity contribution in [3.63, 3.8) is 0 Å². The van der Waals surface area contributed by atoms with Crippen molar-refractivity contribution in [1.82, 2.24) is 4.57 Å². The van der Waals surface area contributed by atoms with Crippen molar-refractivity contribution in [2.75, 3.05) is 7.11 Å². The third kappa shape index (κ3) is 5.24. The maximum Gasteiger partial charge on any atom is 0.185 e. The fraction of sp³-hybridized carbons (Fsp3) is 0.138. The SMILES string of the molecule is COc1ccc(/C=C/C(=O)c2ccc(-n3cccc3)cc2)cc1COc1c(C)cccc1C. The molecule has 0 radical (unpaired) electrons. The van der Waals surface area contributed by atoms with Gasteiger partial charge >= 0.3 is 0 Å². The zero-order valence-corrected chi connectivity index (χ0v) is 19.1. The highest BCUT2D eigenvalue weighted by molar-refractivity contribution is 6.06. The number of hydrogen-bond donors (Lipinski definition) is 0. The Balaban J connectivity index is 1.48. The molecule has 0 unspecified atom stereocenters. The second-order valence-electron chi connectivity index (χ2n) is 7.92. The van der Waals surface area contributed by atoms with Crippen LogP contribution in [0.1, 0.15) is 32.6 Å². The lowest BCUT2D eigenvalue weighted by Crippen LogP contribution is -2.01. The number of allylic oxidation sites excluding steroid dienone is 1. The molecule has 0 amide bonds. The lowest BCUT2D eigenvalue weighted by atomic mass is 10.1. The lowest BCUT2D eigenvalue weighted by molar-refractivity contribution is 0.104. The molecule has 1 heterocycles. The van der Waals surface area contributed by atoms with E-state index in [1.165, 1.54) is 0 Å². The van der Waals surface area contributed by atoms with Crippen LogP contribution in [0.5, 0.6) is 11.5 Å². The van der Waals surface area contributed by atoms with Gasteiger partial charge in [0.25, 0.3) is 0 Å². The van der Waals surface area contributed by atoms with Crippen molar-refractivity contribution in [2.45, 2.75) is 20.5 Å². The Labute approximate surface area is 194 Å². The number of benzene rings is 3. The van der Waals surface area contributed by atoms with Crippen molar-refractivity contribution in [1.29, 1.82) is 0 Å². The molecule has 0 aliphatic heterocycles. The predicted molar refractivity (Wildman–Crippen MR) is 132 cm³/mol. The molecule has 0 bridgehead atoms. The number of carbonyl (C=O) groups excluding carboxylic acids is 1. The van der Waals surface area contributed by atoms with Crippen LogP contribution in [0.2, 0.25) is 0 Å². The molecule has 0 saturated heterocycles. The number of carbonyl (C=O) groups is 1. The highest BCUT2D eigenvalue weighted by atomic mass is 16.5.